The summed E-state index contributed by atoms with van der Waals surface area (Å²) in [5.41, 5.74) is 0.0370. The Morgan fingerprint density at radius 2 is 1.89 bits per heavy atom. The SMILES string of the molecule is CCOc1ccc(C=C2SC(=S)N(c3cccc(C(F)(F)F)c3)C2=O)cc1. The second-order valence-electron chi connectivity index (χ2n) is 5.57. The van der Waals surface area contributed by atoms with Crippen LogP contribution < -0.4 is 9.64 Å². The second kappa shape index (κ2) is 7.74. The summed E-state index contributed by atoms with van der Waals surface area (Å²) in [5.74, 6) is 0.268. The number of nitrogens with zero attached hydrogens (tertiary/aromatic N) is 1. The number of rotatable bonds is 4. The van der Waals surface area contributed by atoms with Gasteiger partial charge in [0.2, 0.25) is 0 Å². The van der Waals surface area contributed by atoms with Gasteiger partial charge in [0.15, 0.2) is 4.32 Å². The fraction of sp³-hybridized carbons (Fsp3) is 0.158. The highest BCUT2D eigenvalue weighted by atomic mass is 32.2. The lowest BCUT2D eigenvalue weighted by Crippen LogP contribution is -2.27. The minimum atomic E-state index is -4.49. The zero-order chi connectivity index (χ0) is 19.6. The van der Waals surface area contributed by atoms with Crippen LogP contribution in [-0.2, 0) is 11.0 Å². The van der Waals surface area contributed by atoms with Gasteiger partial charge in [0, 0.05) is 0 Å². The summed E-state index contributed by atoms with van der Waals surface area (Å²) in [4.78, 5) is 14.2. The Hall–Kier alpha value is -2.32. The van der Waals surface area contributed by atoms with Crippen molar-refractivity contribution in [2.75, 3.05) is 11.5 Å². The molecule has 0 N–H and O–H groups in total. The van der Waals surface area contributed by atoms with Crippen molar-refractivity contribution in [2.45, 2.75) is 13.1 Å². The minimum Gasteiger partial charge on any atom is -0.494 e. The third-order valence-electron chi connectivity index (χ3n) is 3.71. The molecule has 27 heavy (non-hydrogen) atoms. The van der Waals surface area contributed by atoms with Crippen LogP contribution in [0.5, 0.6) is 5.75 Å². The smallest absolute Gasteiger partial charge is 0.416 e. The first-order chi connectivity index (χ1) is 12.8. The van der Waals surface area contributed by atoms with Gasteiger partial charge >= 0.3 is 6.18 Å². The van der Waals surface area contributed by atoms with Crippen LogP contribution in [0.25, 0.3) is 6.08 Å². The van der Waals surface area contributed by atoms with Crippen LogP contribution in [0.4, 0.5) is 18.9 Å². The number of ether oxygens (including phenoxy) is 1. The Bertz CT molecular complexity index is 908. The molecule has 0 aromatic heterocycles. The van der Waals surface area contributed by atoms with Gasteiger partial charge in [0.1, 0.15) is 5.75 Å². The third-order valence-corrected chi connectivity index (χ3v) is 5.02. The lowest BCUT2D eigenvalue weighted by atomic mass is 10.1. The molecule has 1 aliphatic heterocycles. The van der Waals surface area contributed by atoms with Gasteiger partial charge in [-0.2, -0.15) is 13.2 Å². The monoisotopic (exact) mass is 409 g/mol. The molecule has 0 unspecified atom stereocenters. The summed E-state index contributed by atoms with van der Waals surface area (Å²) in [5, 5.41) is 0. The van der Waals surface area contributed by atoms with Crippen LogP contribution in [0.3, 0.4) is 0 Å². The van der Waals surface area contributed by atoms with Crippen molar-refractivity contribution in [2.24, 2.45) is 0 Å². The molecule has 0 radical (unpaired) electrons. The Kier molecular flexibility index (Phi) is 5.57. The third kappa shape index (κ3) is 4.33. The largest absolute Gasteiger partial charge is 0.494 e. The highest BCUT2D eigenvalue weighted by molar-refractivity contribution is 8.27. The van der Waals surface area contributed by atoms with Crippen molar-refractivity contribution >= 4 is 46.0 Å². The van der Waals surface area contributed by atoms with Crippen LogP contribution in [0.1, 0.15) is 18.1 Å². The molecule has 2 aromatic carbocycles. The van der Waals surface area contributed by atoms with Crippen molar-refractivity contribution in [1.29, 1.82) is 0 Å². The van der Waals surface area contributed by atoms with Gasteiger partial charge in [-0.15, -0.1) is 0 Å². The van der Waals surface area contributed by atoms with E-state index in [-0.39, 0.29) is 10.0 Å². The molecular formula is C19H14F3NO2S2. The minimum absolute atomic E-state index is 0.0995. The van der Waals surface area contributed by atoms with E-state index in [4.69, 9.17) is 17.0 Å². The van der Waals surface area contributed by atoms with E-state index >= 15 is 0 Å². The van der Waals surface area contributed by atoms with Crippen molar-refractivity contribution in [1.82, 2.24) is 0 Å². The number of anilines is 1. The molecular weight excluding hydrogens is 395 g/mol. The molecule has 1 fully saturated rings. The van der Waals surface area contributed by atoms with E-state index in [2.05, 4.69) is 0 Å². The number of benzene rings is 2. The standard InChI is InChI=1S/C19H14F3NO2S2/c1-2-25-15-8-6-12(7-9-15)10-16-17(24)23(18(26)27-16)14-5-3-4-13(11-14)19(20,21)22/h3-11H,2H2,1H3. The first-order valence-electron chi connectivity index (χ1n) is 7.97. The van der Waals surface area contributed by atoms with Gasteiger partial charge in [0.25, 0.3) is 5.91 Å². The number of amides is 1. The molecule has 0 atom stereocenters. The van der Waals surface area contributed by atoms with Gasteiger partial charge in [-0.3, -0.25) is 9.69 Å². The van der Waals surface area contributed by atoms with E-state index in [0.29, 0.717) is 17.3 Å². The number of thioether (sulfide) groups is 1. The quantitative estimate of drug-likeness (QED) is 0.492. The molecule has 3 nitrogen and oxygen atoms in total. The normalized spacial score (nSPS) is 16.3. The van der Waals surface area contributed by atoms with Crippen LogP contribution in [0.2, 0.25) is 0 Å². The van der Waals surface area contributed by atoms with E-state index in [1.165, 1.54) is 12.1 Å². The van der Waals surface area contributed by atoms with Gasteiger partial charge in [0.05, 0.1) is 22.8 Å². The Morgan fingerprint density at radius 1 is 1.19 bits per heavy atom. The van der Waals surface area contributed by atoms with Gasteiger partial charge in [-0.05, 0) is 48.9 Å². The lowest BCUT2D eigenvalue weighted by Gasteiger charge is -2.16. The molecule has 0 spiro atoms. The number of hydrogen-bond donors (Lipinski definition) is 0. The number of halogens is 3. The van der Waals surface area contributed by atoms with Crippen molar-refractivity contribution < 1.29 is 22.7 Å². The average molecular weight is 409 g/mol. The Labute approximate surface area is 163 Å². The molecule has 0 saturated carbocycles. The van der Waals surface area contributed by atoms with Crippen molar-refractivity contribution in [3.8, 4) is 5.75 Å². The zero-order valence-corrected chi connectivity index (χ0v) is 15.8. The average Bonchev–Trinajstić information content (AvgIpc) is 2.90. The maximum Gasteiger partial charge on any atom is 0.416 e. The topological polar surface area (TPSA) is 29.5 Å². The van der Waals surface area contributed by atoms with Gasteiger partial charge < -0.3 is 4.74 Å². The molecule has 1 amide bonds. The molecule has 2 aromatic rings. The summed E-state index contributed by atoms with van der Waals surface area (Å²) < 4.78 is 44.4. The summed E-state index contributed by atoms with van der Waals surface area (Å²) in [7, 11) is 0. The molecule has 140 valence electrons. The van der Waals surface area contributed by atoms with Crippen LogP contribution >= 0.6 is 24.0 Å². The first-order valence-corrected chi connectivity index (χ1v) is 9.20. The Balaban J connectivity index is 1.87. The summed E-state index contributed by atoms with van der Waals surface area (Å²) in [6.07, 6.45) is -2.84. The molecule has 1 saturated heterocycles. The second-order valence-corrected chi connectivity index (χ2v) is 7.24. The van der Waals surface area contributed by atoms with Gasteiger partial charge in [-0.25, -0.2) is 0 Å². The molecule has 0 bridgehead atoms. The van der Waals surface area contributed by atoms with Gasteiger partial charge in [-0.1, -0.05) is 42.2 Å². The number of hydrogen-bond acceptors (Lipinski definition) is 4. The van der Waals surface area contributed by atoms with E-state index in [0.717, 1.165) is 34.4 Å². The van der Waals surface area contributed by atoms with Crippen LogP contribution in [0, 0.1) is 0 Å². The molecule has 1 heterocycles. The highest BCUT2D eigenvalue weighted by Gasteiger charge is 2.36. The molecule has 1 aliphatic rings. The van der Waals surface area contributed by atoms with E-state index in [1.54, 1.807) is 30.3 Å². The number of alkyl halides is 3. The fourth-order valence-corrected chi connectivity index (χ4v) is 3.79. The lowest BCUT2D eigenvalue weighted by molar-refractivity contribution is -0.137. The summed E-state index contributed by atoms with van der Waals surface area (Å²) in [6.45, 7) is 2.43. The summed E-state index contributed by atoms with van der Waals surface area (Å²) in [6, 6.07) is 11.7. The summed E-state index contributed by atoms with van der Waals surface area (Å²) >= 11 is 6.27. The highest BCUT2D eigenvalue weighted by Crippen LogP contribution is 2.38. The number of carbonyl (C=O) groups is 1. The number of thiocarbonyl (C=S) groups is 1. The van der Waals surface area contributed by atoms with Crippen LogP contribution in [-0.4, -0.2) is 16.8 Å². The first kappa shape index (κ1) is 19.4. The van der Waals surface area contributed by atoms with E-state index < -0.39 is 17.6 Å². The zero-order valence-electron chi connectivity index (χ0n) is 14.1. The molecule has 3 rings (SSSR count). The van der Waals surface area contributed by atoms with Crippen molar-refractivity contribution in [3.05, 3.63) is 64.6 Å². The predicted molar refractivity (Wildman–Crippen MR) is 105 cm³/mol. The maximum absolute atomic E-state index is 12.9. The molecule has 0 aliphatic carbocycles. The maximum atomic E-state index is 12.9. The van der Waals surface area contributed by atoms with Crippen LogP contribution in [0.15, 0.2) is 53.4 Å². The molecule has 8 heteroatoms. The van der Waals surface area contributed by atoms with E-state index in [1.807, 2.05) is 6.92 Å². The number of carbonyl (C=O) groups excluding carboxylic acids is 1. The fourth-order valence-electron chi connectivity index (χ4n) is 2.49. The Morgan fingerprint density at radius 3 is 2.52 bits per heavy atom. The van der Waals surface area contributed by atoms with Crippen molar-refractivity contribution in [3.63, 3.8) is 0 Å². The van der Waals surface area contributed by atoms with E-state index in [9.17, 15) is 18.0 Å². The predicted octanol–water partition coefficient (Wildman–Crippen LogP) is 5.51.